The fourth-order valence-electron chi connectivity index (χ4n) is 1.99. The van der Waals surface area contributed by atoms with Gasteiger partial charge in [0.1, 0.15) is 0 Å². The van der Waals surface area contributed by atoms with E-state index in [1.165, 1.54) is 0 Å². The molecule has 3 nitrogen and oxygen atoms in total. The number of hydrogen-bond acceptors (Lipinski definition) is 2. The van der Waals surface area contributed by atoms with Crippen LogP contribution in [0.5, 0.6) is 0 Å². The van der Waals surface area contributed by atoms with E-state index in [2.05, 4.69) is 13.8 Å². The first-order valence-electron chi connectivity index (χ1n) is 6.32. The molecular formula is C15H20N2O. The summed E-state index contributed by atoms with van der Waals surface area (Å²) >= 11 is 0. The van der Waals surface area contributed by atoms with Gasteiger partial charge in [0.2, 0.25) is 0 Å². The van der Waals surface area contributed by atoms with E-state index in [0.717, 1.165) is 17.3 Å². The van der Waals surface area contributed by atoms with Crippen LogP contribution in [0.15, 0.2) is 41.2 Å². The van der Waals surface area contributed by atoms with Gasteiger partial charge >= 0.3 is 0 Å². The van der Waals surface area contributed by atoms with Crippen molar-refractivity contribution in [3.05, 3.63) is 46.8 Å². The third kappa shape index (κ3) is 2.62. The molecule has 0 saturated heterocycles. The van der Waals surface area contributed by atoms with Crippen molar-refractivity contribution in [2.45, 2.75) is 26.8 Å². The topological polar surface area (TPSA) is 48.0 Å². The summed E-state index contributed by atoms with van der Waals surface area (Å²) in [7, 11) is 0. The Hall–Kier alpha value is -1.61. The lowest BCUT2D eigenvalue weighted by Gasteiger charge is -2.23. The van der Waals surface area contributed by atoms with Crippen LogP contribution in [0.1, 0.15) is 20.3 Å². The van der Waals surface area contributed by atoms with Crippen molar-refractivity contribution in [3.8, 4) is 0 Å². The van der Waals surface area contributed by atoms with Gasteiger partial charge in [0, 0.05) is 12.6 Å². The molecule has 0 spiro atoms. The zero-order chi connectivity index (χ0) is 13.2. The van der Waals surface area contributed by atoms with Gasteiger partial charge in [-0.2, -0.15) is 0 Å². The Kier molecular flexibility index (Phi) is 3.53. The van der Waals surface area contributed by atoms with Crippen molar-refractivity contribution >= 4 is 10.9 Å². The predicted octanol–water partition coefficient (Wildman–Crippen LogP) is 2.38. The minimum absolute atomic E-state index is 0.0570. The van der Waals surface area contributed by atoms with E-state index in [0.29, 0.717) is 13.1 Å². The monoisotopic (exact) mass is 244 g/mol. The minimum Gasteiger partial charge on any atom is -0.330 e. The standard InChI is InChI=1S/C15H20N2O/c1-15(2,11-16)9-10-17-13-6-4-3-5-12(13)7-8-14(17)18/h3-8H,9-11,16H2,1-2H3. The first-order valence-corrected chi connectivity index (χ1v) is 6.32. The van der Waals surface area contributed by atoms with E-state index in [1.807, 2.05) is 34.9 Å². The fourth-order valence-corrected chi connectivity index (χ4v) is 1.99. The summed E-state index contributed by atoms with van der Waals surface area (Å²) < 4.78 is 1.84. The first-order chi connectivity index (χ1) is 8.53. The summed E-state index contributed by atoms with van der Waals surface area (Å²) in [4.78, 5) is 12.0. The normalized spacial score (nSPS) is 11.9. The van der Waals surface area contributed by atoms with Crippen LogP contribution in [0.3, 0.4) is 0 Å². The molecule has 2 rings (SSSR count). The highest BCUT2D eigenvalue weighted by molar-refractivity contribution is 5.78. The Morgan fingerprint density at radius 1 is 1.17 bits per heavy atom. The molecule has 0 unspecified atom stereocenters. The SMILES string of the molecule is CC(C)(CN)CCn1c(=O)ccc2ccccc21. The summed E-state index contributed by atoms with van der Waals surface area (Å²) in [5.74, 6) is 0. The minimum atomic E-state index is 0.0570. The van der Waals surface area contributed by atoms with Crippen LogP contribution in [0.25, 0.3) is 10.9 Å². The molecule has 0 radical (unpaired) electrons. The molecule has 3 heteroatoms. The number of nitrogens with zero attached hydrogens (tertiary/aromatic N) is 1. The summed E-state index contributed by atoms with van der Waals surface area (Å²) in [5.41, 5.74) is 6.85. The van der Waals surface area contributed by atoms with Gasteiger partial charge in [-0.15, -0.1) is 0 Å². The van der Waals surface area contributed by atoms with Gasteiger partial charge in [-0.05, 0) is 35.9 Å². The number of benzene rings is 1. The Bertz CT molecular complexity index is 599. The second kappa shape index (κ2) is 4.94. The van der Waals surface area contributed by atoms with Crippen molar-refractivity contribution in [2.75, 3.05) is 6.54 Å². The van der Waals surface area contributed by atoms with Crippen LogP contribution >= 0.6 is 0 Å². The van der Waals surface area contributed by atoms with Gasteiger partial charge in [0.15, 0.2) is 0 Å². The Morgan fingerprint density at radius 2 is 1.89 bits per heavy atom. The number of rotatable bonds is 4. The van der Waals surface area contributed by atoms with Gasteiger partial charge in [-0.25, -0.2) is 0 Å². The molecule has 1 aromatic heterocycles. The van der Waals surface area contributed by atoms with Gasteiger partial charge < -0.3 is 10.3 Å². The average Bonchev–Trinajstić information content (AvgIpc) is 2.37. The Labute approximate surface area is 107 Å². The zero-order valence-corrected chi connectivity index (χ0v) is 11.0. The number of aryl methyl sites for hydroxylation is 1. The van der Waals surface area contributed by atoms with E-state index in [1.54, 1.807) is 6.07 Å². The second-order valence-electron chi connectivity index (χ2n) is 5.50. The lowest BCUT2D eigenvalue weighted by atomic mass is 9.89. The molecule has 0 amide bonds. The fraction of sp³-hybridized carbons (Fsp3) is 0.400. The Morgan fingerprint density at radius 3 is 2.61 bits per heavy atom. The van der Waals surface area contributed by atoms with E-state index in [9.17, 15) is 4.79 Å². The van der Waals surface area contributed by atoms with Crippen LogP contribution in [0.4, 0.5) is 0 Å². The number of hydrogen-bond donors (Lipinski definition) is 1. The molecule has 0 bridgehead atoms. The lowest BCUT2D eigenvalue weighted by Crippen LogP contribution is -2.28. The summed E-state index contributed by atoms with van der Waals surface area (Å²) in [6.07, 6.45) is 0.900. The smallest absolute Gasteiger partial charge is 0.251 e. The number of aromatic nitrogens is 1. The first kappa shape index (κ1) is 12.8. The van der Waals surface area contributed by atoms with Crippen LogP contribution < -0.4 is 11.3 Å². The average molecular weight is 244 g/mol. The maximum atomic E-state index is 12.0. The van der Waals surface area contributed by atoms with Crippen molar-refractivity contribution in [3.63, 3.8) is 0 Å². The van der Waals surface area contributed by atoms with Crippen molar-refractivity contribution in [1.82, 2.24) is 4.57 Å². The summed E-state index contributed by atoms with van der Waals surface area (Å²) in [6, 6.07) is 11.5. The molecular weight excluding hydrogens is 224 g/mol. The summed E-state index contributed by atoms with van der Waals surface area (Å²) in [6.45, 7) is 5.60. The molecule has 0 aliphatic carbocycles. The molecule has 0 saturated carbocycles. The van der Waals surface area contributed by atoms with E-state index in [4.69, 9.17) is 5.73 Å². The van der Waals surface area contributed by atoms with Crippen molar-refractivity contribution in [2.24, 2.45) is 11.1 Å². The molecule has 0 aliphatic heterocycles. The van der Waals surface area contributed by atoms with E-state index < -0.39 is 0 Å². The highest BCUT2D eigenvalue weighted by Crippen LogP contribution is 2.20. The molecule has 2 aromatic rings. The van der Waals surface area contributed by atoms with Gasteiger partial charge in [-0.3, -0.25) is 4.79 Å². The van der Waals surface area contributed by atoms with Crippen molar-refractivity contribution in [1.29, 1.82) is 0 Å². The quantitative estimate of drug-likeness (QED) is 0.897. The lowest BCUT2D eigenvalue weighted by molar-refractivity contribution is 0.325. The zero-order valence-electron chi connectivity index (χ0n) is 11.0. The summed E-state index contributed by atoms with van der Waals surface area (Å²) in [5, 5.41) is 1.10. The number of fused-ring (bicyclic) bond motifs is 1. The third-order valence-corrected chi connectivity index (χ3v) is 3.46. The highest BCUT2D eigenvalue weighted by atomic mass is 16.1. The molecule has 0 fully saturated rings. The molecule has 1 aromatic carbocycles. The number of nitrogens with two attached hydrogens (primary N) is 1. The predicted molar refractivity (Wildman–Crippen MR) is 75.7 cm³/mol. The van der Waals surface area contributed by atoms with E-state index >= 15 is 0 Å². The molecule has 1 heterocycles. The highest BCUT2D eigenvalue weighted by Gasteiger charge is 2.16. The van der Waals surface area contributed by atoms with Gasteiger partial charge in [0.05, 0.1) is 5.52 Å². The maximum Gasteiger partial charge on any atom is 0.251 e. The van der Waals surface area contributed by atoms with Crippen LogP contribution in [0, 0.1) is 5.41 Å². The van der Waals surface area contributed by atoms with Gasteiger partial charge in [0.25, 0.3) is 5.56 Å². The maximum absolute atomic E-state index is 12.0. The third-order valence-electron chi connectivity index (χ3n) is 3.46. The second-order valence-corrected chi connectivity index (χ2v) is 5.50. The molecule has 0 aliphatic rings. The number of para-hydroxylation sites is 1. The van der Waals surface area contributed by atoms with Crippen molar-refractivity contribution < 1.29 is 0 Å². The van der Waals surface area contributed by atoms with Crippen LogP contribution in [-0.4, -0.2) is 11.1 Å². The Balaban J connectivity index is 2.38. The molecule has 18 heavy (non-hydrogen) atoms. The number of pyridine rings is 1. The van der Waals surface area contributed by atoms with Crippen LogP contribution in [-0.2, 0) is 6.54 Å². The molecule has 2 N–H and O–H groups in total. The molecule has 96 valence electrons. The van der Waals surface area contributed by atoms with E-state index in [-0.39, 0.29) is 11.0 Å². The largest absolute Gasteiger partial charge is 0.330 e. The molecule has 0 atom stereocenters. The van der Waals surface area contributed by atoms with Gasteiger partial charge in [-0.1, -0.05) is 32.0 Å². The van der Waals surface area contributed by atoms with Crippen LogP contribution in [0.2, 0.25) is 0 Å².